The van der Waals surface area contributed by atoms with Gasteiger partial charge in [-0.1, -0.05) is 69.9 Å². The van der Waals surface area contributed by atoms with Crippen molar-refractivity contribution in [3.63, 3.8) is 0 Å². The summed E-state index contributed by atoms with van der Waals surface area (Å²) >= 11 is 0. The van der Waals surface area contributed by atoms with Crippen molar-refractivity contribution in [2.75, 3.05) is 11.9 Å². The molecule has 0 amide bonds. The lowest BCUT2D eigenvalue weighted by Gasteiger charge is -2.09. The number of unbranched alkanes of at least 4 members (excludes halogenated alkanes) is 5. The monoisotopic (exact) mass is 231 g/mol. The molecule has 1 aromatic rings. The minimum absolute atomic E-state index is 1.07. The zero-order valence-corrected chi connectivity index (χ0v) is 11.0. The molecule has 0 aromatic heterocycles. The van der Waals surface area contributed by atoms with E-state index in [0.29, 0.717) is 0 Å². The Bertz CT molecular complexity index is 317. The van der Waals surface area contributed by atoms with Crippen LogP contribution in [0.1, 0.15) is 51.0 Å². The smallest absolute Gasteiger partial charge is 0.0413 e. The molecule has 1 aromatic carbocycles. The molecule has 0 aliphatic rings. The third-order valence-corrected chi connectivity index (χ3v) is 3.03. The van der Waals surface area contributed by atoms with Crippen LogP contribution in [0.5, 0.6) is 0 Å². The van der Waals surface area contributed by atoms with Gasteiger partial charge in [-0.05, 0) is 18.1 Å². The number of rotatable bonds is 9. The minimum Gasteiger partial charge on any atom is -0.385 e. The molecule has 0 radical (unpaired) electrons. The van der Waals surface area contributed by atoms with Crippen LogP contribution in [-0.4, -0.2) is 6.54 Å². The van der Waals surface area contributed by atoms with Crippen LogP contribution in [-0.2, 0) is 0 Å². The molecule has 0 saturated carbocycles. The molecule has 0 bridgehead atoms. The number of para-hydroxylation sites is 1. The molecular formula is C16H25N. The average molecular weight is 231 g/mol. The lowest BCUT2D eigenvalue weighted by atomic mass is 10.1. The summed E-state index contributed by atoms with van der Waals surface area (Å²) < 4.78 is 0. The Labute approximate surface area is 106 Å². The first-order valence-electron chi connectivity index (χ1n) is 6.83. The molecule has 1 nitrogen and oxygen atoms in total. The second-order valence-corrected chi connectivity index (χ2v) is 4.49. The number of anilines is 1. The van der Waals surface area contributed by atoms with Gasteiger partial charge in [0.2, 0.25) is 0 Å². The summed E-state index contributed by atoms with van der Waals surface area (Å²) in [7, 11) is 0. The molecule has 1 N–H and O–H groups in total. The van der Waals surface area contributed by atoms with Gasteiger partial charge in [-0.2, -0.15) is 0 Å². The van der Waals surface area contributed by atoms with E-state index < -0.39 is 0 Å². The van der Waals surface area contributed by atoms with Crippen molar-refractivity contribution in [3.05, 3.63) is 36.4 Å². The normalized spacial score (nSPS) is 10.2. The van der Waals surface area contributed by atoms with E-state index >= 15 is 0 Å². The van der Waals surface area contributed by atoms with E-state index in [1.807, 2.05) is 12.1 Å². The maximum Gasteiger partial charge on any atom is 0.0413 e. The first-order chi connectivity index (χ1) is 8.38. The summed E-state index contributed by atoms with van der Waals surface area (Å²) in [6.45, 7) is 7.15. The SMILES string of the molecule is C=Cc1ccccc1NCCCCCCCC. The highest BCUT2D eigenvalue weighted by Gasteiger charge is 1.96. The molecule has 94 valence electrons. The van der Waals surface area contributed by atoms with Crippen LogP contribution in [0.4, 0.5) is 5.69 Å². The predicted octanol–water partition coefficient (Wildman–Crippen LogP) is 5.10. The summed E-state index contributed by atoms with van der Waals surface area (Å²) in [6, 6.07) is 8.33. The Hall–Kier alpha value is -1.24. The molecule has 1 heteroatoms. The van der Waals surface area contributed by atoms with E-state index in [1.165, 1.54) is 49.8 Å². The highest BCUT2D eigenvalue weighted by Crippen LogP contribution is 2.16. The van der Waals surface area contributed by atoms with E-state index in [2.05, 4.69) is 37.0 Å². The minimum atomic E-state index is 1.07. The maximum atomic E-state index is 3.83. The van der Waals surface area contributed by atoms with E-state index in [9.17, 15) is 0 Å². The Morgan fingerprint density at radius 1 is 1.06 bits per heavy atom. The molecule has 0 spiro atoms. The van der Waals surface area contributed by atoms with Gasteiger partial charge in [0.15, 0.2) is 0 Å². The Morgan fingerprint density at radius 3 is 2.53 bits per heavy atom. The number of hydrogen-bond acceptors (Lipinski definition) is 1. The molecule has 17 heavy (non-hydrogen) atoms. The predicted molar refractivity (Wildman–Crippen MR) is 78.4 cm³/mol. The lowest BCUT2D eigenvalue weighted by Crippen LogP contribution is -2.02. The fraction of sp³-hybridized carbons (Fsp3) is 0.500. The molecule has 0 heterocycles. The van der Waals surface area contributed by atoms with Crippen LogP contribution in [0.25, 0.3) is 6.08 Å². The van der Waals surface area contributed by atoms with Gasteiger partial charge in [-0.15, -0.1) is 0 Å². The van der Waals surface area contributed by atoms with Crippen molar-refractivity contribution in [1.29, 1.82) is 0 Å². The van der Waals surface area contributed by atoms with Gasteiger partial charge in [0.25, 0.3) is 0 Å². The van der Waals surface area contributed by atoms with Gasteiger partial charge in [0, 0.05) is 12.2 Å². The van der Waals surface area contributed by atoms with Crippen LogP contribution in [0.15, 0.2) is 30.8 Å². The van der Waals surface area contributed by atoms with Crippen molar-refractivity contribution in [1.82, 2.24) is 0 Å². The van der Waals surface area contributed by atoms with Crippen LogP contribution < -0.4 is 5.32 Å². The molecule has 0 aliphatic carbocycles. The Kier molecular flexibility index (Phi) is 7.20. The highest BCUT2D eigenvalue weighted by molar-refractivity contribution is 5.65. The molecule has 0 atom stereocenters. The Morgan fingerprint density at radius 2 is 1.76 bits per heavy atom. The molecule has 0 unspecified atom stereocenters. The number of hydrogen-bond donors (Lipinski definition) is 1. The fourth-order valence-electron chi connectivity index (χ4n) is 1.96. The molecule has 0 saturated heterocycles. The first kappa shape index (κ1) is 13.8. The van der Waals surface area contributed by atoms with E-state index in [0.717, 1.165) is 6.54 Å². The average Bonchev–Trinajstić information content (AvgIpc) is 2.38. The summed E-state index contributed by atoms with van der Waals surface area (Å²) in [5.41, 5.74) is 2.40. The van der Waals surface area contributed by atoms with Gasteiger partial charge in [0.1, 0.15) is 0 Å². The zero-order chi connectivity index (χ0) is 12.3. The van der Waals surface area contributed by atoms with Gasteiger partial charge in [-0.3, -0.25) is 0 Å². The molecule has 0 aliphatic heterocycles. The topological polar surface area (TPSA) is 12.0 Å². The quantitative estimate of drug-likeness (QED) is 0.583. The van der Waals surface area contributed by atoms with E-state index in [1.54, 1.807) is 0 Å². The summed E-state index contributed by atoms with van der Waals surface area (Å²) in [6.07, 6.45) is 9.97. The third-order valence-electron chi connectivity index (χ3n) is 3.03. The molecule has 1 rings (SSSR count). The van der Waals surface area contributed by atoms with Gasteiger partial charge >= 0.3 is 0 Å². The number of nitrogens with one attached hydrogen (secondary N) is 1. The van der Waals surface area contributed by atoms with Crippen molar-refractivity contribution >= 4 is 11.8 Å². The second kappa shape index (κ2) is 8.86. The third kappa shape index (κ3) is 5.58. The maximum absolute atomic E-state index is 3.83. The molecular weight excluding hydrogens is 206 g/mol. The van der Waals surface area contributed by atoms with Crippen LogP contribution in [0, 0.1) is 0 Å². The standard InChI is InChI=1S/C16H25N/c1-3-5-6-7-8-11-14-17-16-13-10-9-12-15(16)4-2/h4,9-10,12-13,17H,2-3,5-8,11,14H2,1H3. The van der Waals surface area contributed by atoms with E-state index in [4.69, 9.17) is 0 Å². The van der Waals surface area contributed by atoms with Crippen molar-refractivity contribution in [2.24, 2.45) is 0 Å². The van der Waals surface area contributed by atoms with Gasteiger partial charge < -0.3 is 5.32 Å². The fourth-order valence-corrected chi connectivity index (χ4v) is 1.96. The summed E-state index contributed by atoms with van der Waals surface area (Å²) in [5, 5.41) is 3.48. The first-order valence-corrected chi connectivity index (χ1v) is 6.83. The van der Waals surface area contributed by atoms with Crippen molar-refractivity contribution in [2.45, 2.75) is 45.4 Å². The summed E-state index contributed by atoms with van der Waals surface area (Å²) in [4.78, 5) is 0. The van der Waals surface area contributed by atoms with Crippen molar-refractivity contribution < 1.29 is 0 Å². The van der Waals surface area contributed by atoms with Crippen LogP contribution in [0.2, 0.25) is 0 Å². The zero-order valence-electron chi connectivity index (χ0n) is 11.0. The lowest BCUT2D eigenvalue weighted by molar-refractivity contribution is 0.617. The second-order valence-electron chi connectivity index (χ2n) is 4.49. The van der Waals surface area contributed by atoms with Gasteiger partial charge in [0.05, 0.1) is 0 Å². The van der Waals surface area contributed by atoms with Crippen LogP contribution >= 0.6 is 0 Å². The van der Waals surface area contributed by atoms with Gasteiger partial charge in [-0.25, -0.2) is 0 Å². The largest absolute Gasteiger partial charge is 0.385 e. The van der Waals surface area contributed by atoms with E-state index in [-0.39, 0.29) is 0 Å². The van der Waals surface area contributed by atoms with Crippen molar-refractivity contribution in [3.8, 4) is 0 Å². The Balaban J connectivity index is 2.15. The highest BCUT2D eigenvalue weighted by atomic mass is 14.9. The number of benzene rings is 1. The molecule has 0 fully saturated rings. The summed E-state index contributed by atoms with van der Waals surface area (Å²) in [5.74, 6) is 0. The van der Waals surface area contributed by atoms with Crippen LogP contribution in [0.3, 0.4) is 0 Å².